The molecule has 0 bridgehead atoms. The average molecular weight is 460 g/mol. The molecular weight excluding hydrogens is 434 g/mol. The summed E-state index contributed by atoms with van der Waals surface area (Å²) in [5.41, 5.74) is 2.37. The molecule has 1 heterocycles. The highest BCUT2D eigenvalue weighted by atomic mass is 19.1. The van der Waals surface area contributed by atoms with Gasteiger partial charge in [0.25, 0.3) is 0 Å². The van der Waals surface area contributed by atoms with E-state index in [1.54, 1.807) is 12.1 Å². The number of urea groups is 1. The highest BCUT2D eigenvalue weighted by Gasteiger charge is 2.23. The van der Waals surface area contributed by atoms with Crippen LogP contribution in [-0.2, 0) is 11.3 Å². The Morgan fingerprint density at radius 2 is 2.03 bits per heavy atom. The van der Waals surface area contributed by atoms with E-state index in [4.69, 9.17) is 21.2 Å². The van der Waals surface area contributed by atoms with Gasteiger partial charge in [-0.25, -0.2) is 30.3 Å². The van der Waals surface area contributed by atoms with Crippen LogP contribution < -0.4 is 21.4 Å². The zero-order valence-corrected chi connectivity index (χ0v) is 18.6. The number of nitrogens with two attached hydrogens (primary N) is 2. The average Bonchev–Trinajstić information content (AvgIpc) is 2.78. The Balaban J connectivity index is 1.84. The molecule has 0 spiro atoms. The number of amides is 2. The van der Waals surface area contributed by atoms with Crippen molar-refractivity contribution in [2.75, 3.05) is 18.7 Å². The highest BCUT2D eigenvalue weighted by Crippen LogP contribution is 2.29. The molecule has 2 aromatic rings. The lowest BCUT2D eigenvalue weighted by Gasteiger charge is -2.24. The van der Waals surface area contributed by atoms with Gasteiger partial charge < -0.3 is 9.47 Å². The molecule has 0 unspecified atom stereocenters. The molecule has 1 aliphatic rings. The van der Waals surface area contributed by atoms with Crippen molar-refractivity contribution in [3.05, 3.63) is 58.7 Å². The summed E-state index contributed by atoms with van der Waals surface area (Å²) in [5, 5.41) is 10.1. The number of hydrogen-bond acceptors (Lipinski definition) is 7. The number of hydrogen-bond donors (Lipinski definition) is 2. The first kappa shape index (κ1) is 24.1. The van der Waals surface area contributed by atoms with Gasteiger partial charge in [-0.2, -0.15) is 5.10 Å². The summed E-state index contributed by atoms with van der Waals surface area (Å²) in [7, 11) is 1.39. The summed E-state index contributed by atoms with van der Waals surface area (Å²) in [6.45, 7) is 3.98. The van der Waals surface area contributed by atoms with Crippen molar-refractivity contribution in [1.29, 1.82) is 0 Å². The van der Waals surface area contributed by atoms with Gasteiger partial charge in [0.2, 0.25) is 5.90 Å². The van der Waals surface area contributed by atoms with Crippen LogP contribution in [0.25, 0.3) is 0 Å². The second-order valence-corrected chi connectivity index (χ2v) is 7.38. The topological polar surface area (TPSA) is 119 Å². The second-order valence-electron chi connectivity index (χ2n) is 7.38. The maximum atomic E-state index is 14.3. The third-order valence-electron chi connectivity index (χ3n) is 5.02. The monoisotopic (exact) mass is 460 g/mol. The largest absolute Gasteiger partial charge is 0.492 e. The minimum atomic E-state index is -0.764. The van der Waals surface area contributed by atoms with Crippen molar-refractivity contribution in [2.24, 2.45) is 21.9 Å². The molecule has 9 nitrogen and oxygen atoms in total. The van der Waals surface area contributed by atoms with E-state index in [0.717, 1.165) is 27.7 Å². The van der Waals surface area contributed by atoms with Crippen molar-refractivity contribution in [3.8, 4) is 5.75 Å². The number of hydrazine groups is 2. The number of carbonyl (C=O) groups excluding carboxylic acids is 1. The normalized spacial score (nSPS) is 14.5. The fourth-order valence-corrected chi connectivity index (χ4v) is 3.27. The number of rotatable bonds is 5. The first-order valence-corrected chi connectivity index (χ1v) is 10.3. The molecule has 33 heavy (non-hydrogen) atoms. The van der Waals surface area contributed by atoms with Crippen molar-refractivity contribution >= 4 is 23.3 Å². The molecule has 11 heteroatoms. The van der Waals surface area contributed by atoms with Gasteiger partial charge in [-0.05, 0) is 18.6 Å². The molecule has 176 valence electrons. The summed E-state index contributed by atoms with van der Waals surface area (Å²) < 4.78 is 39.0. The van der Waals surface area contributed by atoms with E-state index in [2.05, 4.69) is 10.2 Å². The van der Waals surface area contributed by atoms with Gasteiger partial charge in [0.1, 0.15) is 24.0 Å². The van der Waals surface area contributed by atoms with Crippen LogP contribution in [0.4, 0.5) is 19.3 Å². The SMILES string of the molecule is CCC(=NN=C1CCOc2cc(F)cc(F)c21)OCc1c(C)cccc1N(N)C(=O)N(C)N. The summed E-state index contributed by atoms with van der Waals surface area (Å²) >= 11 is 0. The third kappa shape index (κ3) is 5.44. The van der Waals surface area contributed by atoms with Crippen LogP contribution in [0.15, 0.2) is 40.5 Å². The number of nitrogens with zero attached hydrogens (tertiary/aromatic N) is 4. The Morgan fingerprint density at radius 3 is 2.73 bits per heavy atom. The third-order valence-corrected chi connectivity index (χ3v) is 5.02. The molecule has 0 saturated heterocycles. The van der Waals surface area contributed by atoms with E-state index >= 15 is 0 Å². The lowest BCUT2D eigenvalue weighted by atomic mass is 10.0. The fraction of sp³-hybridized carbons (Fsp3) is 0.318. The Kier molecular flexibility index (Phi) is 7.56. The van der Waals surface area contributed by atoms with E-state index < -0.39 is 17.7 Å². The van der Waals surface area contributed by atoms with Gasteiger partial charge >= 0.3 is 6.03 Å². The van der Waals surface area contributed by atoms with Gasteiger partial charge in [-0.3, -0.25) is 5.01 Å². The van der Waals surface area contributed by atoms with E-state index in [0.29, 0.717) is 29.8 Å². The van der Waals surface area contributed by atoms with Crippen LogP contribution in [0.3, 0.4) is 0 Å². The van der Waals surface area contributed by atoms with Gasteiger partial charge in [0.15, 0.2) is 0 Å². The lowest BCUT2D eigenvalue weighted by molar-refractivity contribution is 0.216. The van der Waals surface area contributed by atoms with Crippen LogP contribution >= 0.6 is 0 Å². The van der Waals surface area contributed by atoms with E-state index in [9.17, 15) is 13.6 Å². The van der Waals surface area contributed by atoms with Crippen LogP contribution in [0.2, 0.25) is 0 Å². The minimum Gasteiger partial charge on any atom is -0.492 e. The summed E-state index contributed by atoms with van der Waals surface area (Å²) in [5.74, 6) is 10.4. The molecule has 0 atom stereocenters. The van der Waals surface area contributed by atoms with Crippen molar-refractivity contribution in [3.63, 3.8) is 0 Å². The van der Waals surface area contributed by atoms with E-state index in [1.807, 2.05) is 19.9 Å². The van der Waals surface area contributed by atoms with Crippen molar-refractivity contribution < 1.29 is 23.0 Å². The highest BCUT2D eigenvalue weighted by molar-refractivity contribution is 6.04. The van der Waals surface area contributed by atoms with Gasteiger partial charge in [-0.1, -0.05) is 19.1 Å². The summed E-state index contributed by atoms with van der Waals surface area (Å²) in [6.07, 6.45) is 0.721. The summed E-state index contributed by atoms with van der Waals surface area (Å²) in [6, 6.07) is 6.59. The number of halogens is 2. The maximum absolute atomic E-state index is 14.3. The lowest BCUT2D eigenvalue weighted by Crippen LogP contribution is -2.49. The van der Waals surface area contributed by atoms with E-state index in [1.165, 1.54) is 7.05 Å². The molecule has 4 N–H and O–H groups in total. The quantitative estimate of drug-likeness (QED) is 0.233. The standard InChI is InChI=1S/C22H26F2N6O3/c1-4-20(28-27-17-8-9-32-19-11-14(23)10-16(24)21(17)19)33-12-15-13(2)6-5-7-18(15)30(26)22(31)29(3)25/h5-7,10-11H,4,8-9,12,25-26H2,1-3H3. The number of fused-ring (bicyclic) bond motifs is 1. The molecule has 2 aromatic carbocycles. The molecule has 0 fully saturated rings. The Labute approximate surface area is 190 Å². The Hall–Kier alpha value is -3.57. The van der Waals surface area contributed by atoms with Crippen molar-refractivity contribution in [2.45, 2.75) is 33.3 Å². The predicted octanol–water partition coefficient (Wildman–Crippen LogP) is 3.39. The number of carbonyl (C=O) groups is 1. The smallest absolute Gasteiger partial charge is 0.352 e. The Morgan fingerprint density at radius 1 is 1.27 bits per heavy atom. The van der Waals surface area contributed by atoms with Crippen LogP contribution in [-0.4, -0.2) is 36.3 Å². The summed E-state index contributed by atoms with van der Waals surface area (Å²) in [4.78, 5) is 12.2. The molecule has 0 aliphatic carbocycles. The van der Waals surface area contributed by atoms with Gasteiger partial charge in [0.05, 0.1) is 23.6 Å². The molecule has 3 rings (SSSR count). The molecule has 1 aliphatic heterocycles. The van der Waals surface area contributed by atoms with Crippen LogP contribution in [0, 0.1) is 18.6 Å². The molecule has 2 amide bonds. The Bertz CT molecular complexity index is 1100. The number of benzene rings is 2. The zero-order valence-electron chi connectivity index (χ0n) is 18.6. The first-order valence-electron chi connectivity index (χ1n) is 10.3. The maximum Gasteiger partial charge on any atom is 0.352 e. The second kappa shape index (κ2) is 10.4. The van der Waals surface area contributed by atoms with Crippen LogP contribution in [0.1, 0.15) is 36.5 Å². The number of aryl methyl sites for hydroxylation is 1. The number of anilines is 1. The van der Waals surface area contributed by atoms with E-state index in [-0.39, 0.29) is 30.4 Å². The predicted molar refractivity (Wildman–Crippen MR) is 121 cm³/mol. The molecular formula is C22H26F2N6O3. The molecule has 0 radical (unpaired) electrons. The molecule has 0 aromatic heterocycles. The zero-order chi connectivity index (χ0) is 24.1. The van der Waals surface area contributed by atoms with Gasteiger partial charge in [-0.15, -0.1) is 5.10 Å². The van der Waals surface area contributed by atoms with Crippen LogP contribution in [0.5, 0.6) is 5.75 Å². The number of ether oxygens (including phenoxy) is 2. The first-order chi connectivity index (χ1) is 15.7. The van der Waals surface area contributed by atoms with Gasteiger partial charge in [0, 0.05) is 37.6 Å². The molecule has 0 saturated carbocycles. The minimum absolute atomic E-state index is 0.0636. The fourth-order valence-electron chi connectivity index (χ4n) is 3.27. The van der Waals surface area contributed by atoms with Crippen molar-refractivity contribution in [1.82, 2.24) is 5.01 Å².